The third-order valence-corrected chi connectivity index (χ3v) is 4.86. The van der Waals surface area contributed by atoms with E-state index in [4.69, 9.17) is 11.6 Å². The van der Waals surface area contributed by atoms with E-state index < -0.39 is 0 Å². The van der Waals surface area contributed by atoms with Crippen LogP contribution < -0.4 is 0 Å². The lowest BCUT2D eigenvalue weighted by Gasteiger charge is -2.11. The number of hydrogen-bond acceptors (Lipinski definition) is 4. The van der Waals surface area contributed by atoms with E-state index in [1.54, 1.807) is 18.7 Å². The predicted molar refractivity (Wildman–Crippen MR) is 104 cm³/mol. The van der Waals surface area contributed by atoms with E-state index in [2.05, 4.69) is 21.0 Å². The summed E-state index contributed by atoms with van der Waals surface area (Å²) >= 11 is 6.10. The van der Waals surface area contributed by atoms with Crippen molar-refractivity contribution in [3.8, 4) is 11.1 Å². The van der Waals surface area contributed by atoms with Gasteiger partial charge in [-0.05, 0) is 30.7 Å². The highest BCUT2D eigenvalue weighted by Gasteiger charge is 2.16. The molecule has 0 spiro atoms. The van der Waals surface area contributed by atoms with Gasteiger partial charge in [-0.25, -0.2) is 9.97 Å². The number of halogens is 1. The van der Waals surface area contributed by atoms with Crippen molar-refractivity contribution in [2.24, 2.45) is 7.05 Å². The van der Waals surface area contributed by atoms with Crippen LogP contribution >= 0.6 is 11.6 Å². The summed E-state index contributed by atoms with van der Waals surface area (Å²) in [6.45, 7) is 3.83. The molecule has 6 heteroatoms. The lowest BCUT2D eigenvalue weighted by Crippen LogP contribution is -2.01. The molecule has 0 fully saturated rings. The van der Waals surface area contributed by atoms with Gasteiger partial charge in [0.05, 0.1) is 17.4 Å². The number of pyridine rings is 2. The van der Waals surface area contributed by atoms with Crippen LogP contribution in [0.5, 0.6) is 0 Å². The number of rotatable bonds is 3. The molecule has 0 N–H and O–H groups in total. The first-order chi connectivity index (χ1) is 12.5. The topological polar surface area (TPSA) is 60.7 Å². The maximum Gasteiger partial charge on any atom is 0.180 e. The molecule has 0 aliphatic rings. The van der Waals surface area contributed by atoms with Crippen LogP contribution in [0.2, 0.25) is 5.15 Å². The Labute approximate surface area is 155 Å². The largest absolute Gasteiger partial charge is 0.333 e. The minimum absolute atomic E-state index is 0.0417. The van der Waals surface area contributed by atoms with Gasteiger partial charge in [0.15, 0.2) is 5.78 Å². The maximum absolute atomic E-state index is 11.9. The zero-order chi connectivity index (χ0) is 18.4. The molecule has 0 bridgehead atoms. The van der Waals surface area contributed by atoms with Crippen molar-refractivity contribution in [2.45, 2.75) is 20.3 Å². The van der Waals surface area contributed by atoms with Crippen molar-refractivity contribution in [3.63, 3.8) is 0 Å². The van der Waals surface area contributed by atoms with Gasteiger partial charge in [-0.2, -0.15) is 0 Å². The molecule has 26 heavy (non-hydrogen) atoms. The Balaban J connectivity index is 2.02. The molecule has 0 aliphatic heterocycles. The van der Waals surface area contributed by atoms with Crippen LogP contribution in [-0.2, 0) is 7.05 Å². The molecule has 5 nitrogen and oxygen atoms in total. The summed E-state index contributed by atoms with van der Waals surface area (Å²) in [6.07, 6.45) is 5.76. The molecular weight excluding hydrogens is 348 g/mol. The number of carbonyl (C=O) groups excluding carboxylic acids is 1. The molecule has 0 saturated carbocycles. The average molecular weight is 365 g/mol. The van der Waals surface area contributed by atoms with Crippen LogP contribution in [0.3, 0.4) is 0 Å². The molecule has 0 aliphatic carbocycles. The number of nitrogens with zero attached hydrogens (tertiary/aromatic N) is 4. The third-order valence-electron chi connectivity index (χ3n) is 4.66. The average Bonchev–Trinajstić information content (AvgIpc) is 3.03. The van der Waals surface area contributed by atoms with Crippen LogP contribution in [-0.4, -0.2) is 25.3 Å². The van der Waals surface area contributed by atoms with Crippen molar-refractivity contribution < 1.29 is 4.79 Å². The van der Waals surface area contributed by atoms with Gasteiger partial charge in [0.2, 0.25) is 0 Å². The fourth-order valence-electron chi connectivity index (χ4n) is 3.31. The van der Waals surface area contributed by atoms with E-state index >= 15 is 0 Å². The van der Waals surface area contributed by atoms with Crippen molar-refractivity contribution in [1.82, 2.24) is 19.5 Å². The smallest absolute Gasteiger partial charge is 0.180 e. The summed E-state index contributed by atoms with van der Waals surface area (Å²) in [5.74, 6) is 0.0417. The summed E-state index contributed by atoms with van der Waals surface area (Å²) < 4.78 is 1.98. The first-order valence-electron chi connectivity index (χ1n) is 8.39. The van der Waals surface area contributed by atoms with Crippen LogP contribution in [0.25, 0.3) is 32.9 Å². The highest BCUT2D eigenvalue weighted by molar-refractivity contribution is 6.30. The fraction of sp³-hybridized carbons (Fsp3) is 0.200. The number of ketones is 1. The molecule has 4 rings (SSSR count). The monoisotopic (exact) mass is 364 g/mol. The molecule has 0 atom stereocenters. The number of aromatic nitrogens is 4. The van der Waals surface area contributed by atoms with E-state index in [1.165, 1.54) is 0 Å². The van der Waals surface area contributed by atoms with Gasteiger partial charge in [-0.15, -0.1) is 0 Å². The normalized spacial score (nSPS) is 11.4. The molecule has 0 saturated heterocycles. The van der Waals surface area contributed by atoms with Gasteiger partial charge < -0.3 is 4.57 Å². The van der Waals surface area contributed by atoms with Gasteiger partial charge in [0.25, 0.3) is 0 Å². The Kier molecular flexibility index (Phi) is 3.96. The first-order valence-corrected chi connectivity index (χ1v) is 8.77. The second-order valence-corrected chi connectivity index (χ2v) is 6.75. The second kappa shape index (κ2) is 6.18. The van der Waals surface area contributed by atoms with Crippen LogP contribution in [0.15, 0.2) is 36.9 Å². The number of imidazole rings is 1. The molecule has 1 aromatic carbocycles. The zero-order valence-electron chi connectivity index (χ0n) is 14.7. The second-order valence-electron chi connectivity index (χ2n) is 6.37. The minimum Gasteiger partial charge on any atom is -0.333 e. The Bertz CT molecular complexity index is 1180. The molecule has 0 amide bonds. The van der Waals surface area contributed by atoms with Gasteiger partial charge >= 0.3 is 0 Å². The number of hydrogen-bond donors (Lipinski definition) is 0. The summed E-state index contributed by atoms with van der Waals surface area (Å²) in [7, 11) is 1.96. The summed E-state index contributed by atoms with van der Waals surface area (Å²) in [4.78, 5) is 25.1. The molecule has 3 aromatic heterocycles. The number of Topliss-reactive ketones (excluding diaryl/α,β-unsaturated/α-hetero) is 1. The Hall–Kier alpha value is -2.79. The molecule has 4 aromatic rings. The number of carbonyl (C=O) groups is 1. The minimum atomic E-state index is 0.0417. The van der Waals surface area contributed by atoms with E-state index in [9.17, 15) is 4.79 Å². The van der Waals surface area contributed by atoms with Crippen LogP contribution in [0, 0.1) is 6.92 Å². The maximum atomic E-state index is 11.9. The molecule has 0 radical (unpaired) electrons. The van der Waals surface area contributed by atoms with E-state index in [0.29, 0.717) is 17.3 Å². The summed E-state index contributed by atoms with van der Waals surface area (Å²) in [6, 6.07) is 5.76. The molecule has 0 unspecified atom stereocenters. The highest BCUT2D eigenvalue weighted by atomic mass is 35.5. The van der Waals surface area contributed by atoms with E-state index in [1.807, 2.05) is 37.6 Å². The molecule has 130 valence electrons. The van der Waals surface area contributed by atoms with Gasteiger partial charge in [0, 0.05) is 47.8 Å². The highest BCUT2D eigenvalue weighted by Crippen LogP contribution is 2.35. The van der Waals surface area contributed by atoms with E-state index in [0.717, 1.165) is 38.5 Å². The lowest BCUT2D eigenvalue weighted by molar-refractivity contribution is 0.0983. The van der Waals surface area contributed by atoms with Crippen LogP contribution in [0.1, 0.15) is 29.4 Å². The standard InChI is InChI=1S/C20H17ClN4O/c1-4-17(26)16-5-11(2)15(9-22-16)14-6-12-8-23-18(21)7-13(12)20-19(14)24-10-25(20)3/h5-10H,4H2,1-3H3. The molecule has 3 heterocycles. The van der Waals surface area contributed by atoms with Crippen molar-refractivity contribution in [1.29, 1.82) is 0 Å². The lowest BCUT2D eigenvalue weighted by atomic mass is 9.97. The zero-order valence-corrected chi connectivity index (χ0v) is 15.5. The predicted octanol–water partition coefficient (Wildman–Crippen LogP) is 4.74. The number of fused-ring (bicyclic) bond motifs is 3. The quantitative estimate of drug-likeness (QED) is 0.389. The first kappa shape index (κ1) is 16.7. The van der Waals surface area contributed by atoms with Crippen LogP contribution in [0.4, 0.5) is 0 Å². The fourth-order valence-corrected chi connectivity index (χ4v) is 3.46. The number of aryl methyl sites for hydroxylation is 2. The molecular formula is C20H17ClN4O. The van der Waals surface area contributed by atoms with Crippen molar-refractivity contribution in [2.75, 3.05) is 0 Å². The summed E-state index contributed by atoms with van der Waals surface area (Å²) in [5, 5.41) is 2.44. The SMILES string of the molecule is CCC(=O)c1cc(C)c(-c2cc3cnc(Cl)cc3c3c2ncn3C)cn1. The van der Waals surface area contributed by atoms with Gasteiger partial charge in [-0.3, -0.25) is 9.78 Å². The van der Waals surface area contributed by atoms with Crippen molar-refractivity contribution >= 4 is 39.2 Å². The third kappa shape index (κ3) is 2.56. The van der Waals surface area contributed by atoms with E-state index in [-0.39, 0.29) is 5.78 Å². The summed E-state index contributed by atoms with van der Waals surface area (Å²) in [5.41, 5.74) is 5.29. The van der Waals surface area contributed by atoms with Crippen molar-refractivity contribution in [3.05, 3.63) is 53.3 Å². The Morgan fingerprint density at radius 1 is 1.12 bits per heavy atom. The van der Waals surface area contributed by atoms with Gasteiger partial charge in [0.1, 0.15) is 10.8 Å². The number of benzene rings is 1. The Morgan fingerprint density at radius 3 is 2.65 bits per heavy atom. The Morgan fingerprint density at radius 2 is 1.92 bits per heavy atom. The van der Waals surface area contributed by atoms with Gasteiger partial charge in [-0.1, -0.05) is 18.5 Å².